The van der Waals surface area contributed by atoms with Crippen LogP contribution >= 0.6 is 0 Å². The van der Waals surface area contributed by atoms with Crippen molar-refractivity contribution in [1.82, 2.24) is 19.8 Å². The second-order valence-corrected chi connectivity index (χ2v) is 6.27. The summed E-state index contributed by atoms with van der Waals surface area (Å²) in [5.41, 5.74) is -2.67. The molecule has 0 spiro atoms. The topological polar surface area (TPSA) is 55.6 Å². The Hall–Kier alpha value is -1.90. The molecule has 0 N–H and O–H groups in total. The maximum absolute atomic E-state index is 13.4. The quantitative estimate of drug-likeness (QED) is 0.806. The third kappa shape index (κ3) is 2.49. The highest BCUT2D eigenvalue weighted by atomic mass is 19.4. The van der Waals surface area contributed by atoms with Crippen molar-refractivity contribution in [2.24, 2.45) is 0 Å². The number of anilines is 1. The average Bonchev–Trinajstić information content (AvgIpc) is 2.82. The van der Waals surface area contributed by atoms with Crippen molar-refractivity contribution >= 4 is 11.5 Å². The molecule has 2 aromatic rings. The van der Waals surface area contributed by atoms with Crippen molar-refractivity contribution in [3.05, 3.63) is 18.5 Å². The molecular weight excluding hydrogens is 299 g/mol. The Morgan fingerprint density at radius 2 is 1.91 bits per heavy atom. The van der Waals surface area contributed by atoms with Gasteiger partial charge in [0.25, 0.3) is 0 Å². The fourth-order valence-electron chi connectivity index (χ4n) is 2.75. The minimum atomic E-state index is -4.47. The van der Waals surface area contributed by atoms with Crippen LogP contribution in [0.15, 0.2) is 18.5 Å². The molecule has 1 unspecified atom stereocenters. The monoisotopic (exact) mass is 315 g/mol. The number of rotatable bonds is 1. The molecule has 120 valence electrons. The third-order valence-corrected chi connectivity index (χ3v) is 3.64. The van der Waals surface area contributed by atoms with Crippen LogP contribution in [0.25, 0.3) is 5.65 Å². The molecule has 0 aromatic carbocycles. The fraction of sp³-hybridized carbons (Fsp3) is 0.615. The summed E-state index contributed by atoms with van der Waals surface area (Å²) in [6, 6.07) is 3.31. The largest absolute Gasteiger partial charge is 0.418 e. The van der Waals surface area contributed by atoms with E-state index in [1.165, 1.54) is 10.8 Å². The zero-order valence-corrected chi connectivity index (χ0v) is 12.4. The Kier molecular flexibility index (Phi) is 3.10. The van der Waals surface area contributed by atoms with E-state index in [1.807, 2.05) is 0 Å². The van der Waals surface area contributed by atoms with Crippen molar-refractivity contribution in [2.75, 3.05) is 18.0 Å². The number of ether oxygens (including phenoxy) is 1. The summed E-state index contributed by atoms with van der Waals surface area (Å²) in [4.78, 5) is 1.58. The molecule has 22 heavy (non-hydrogen) atoms. The first-order valence-electron chi connectivity index (χ1n) is 6.79. The van der Waals surface area contributed by atoms with Gasteiger partial charge < -0.3 is 9.64 Å². The lowest BCUT2D eigenvalue weighted by Gasteiger charge is -2.49. The molecule has 6 nitrogen and oxygen atoms in total. The summed E-state index contributed by atoms with van der Waals surface area (Å²) in [6.07, 6.45) is -3.06. The van der Waals surface area contributed by atoms with E-state index in [4.69, 9.17) is 4.74 Å². The first-order valence-corrected chi connectivity index (χ1v) is 6.79. The zero-order chi connectivity index (χ0) is 16.2. The number of aromatic nitrogens is 4. The first-order chi connectivity index (χ1) is 10.1. The van der Waals surface area contributed by atoms with Crippen molar-refractivity contribution in [1.29, 1.82) is 0 Å². The Balaban J connectivity index is 1.98. The van der Waals surface area contributed by atoms with Gasteiger partial charge in [0.15, 0.2) is 11.2 Å². The summed E-state index contributed by atoms with van der Waals surface area (Å²) in [6.45, 7) is 4.33. The molecule has 2 aromatic heterocycles. The highest BCUT2D eigenvalue weighted by molar-refractivity contribution is 5.46. The van der Waals surface area contributed by atoms with Crippen LogP contribution in [0, 0.1) is 0 Å². The van der Waals surface area contributed by atoms with E-state index in [0.717, 1.165) is 6.92 Å². The van der Waals surface area contributed by atoms with Gasteiger partial charge >= 0.3 is 6.18 Å². The number of morpholine rings is 1. The van der Waals surface area contributed by atoms with Crippen LogP contribution in [-0.2, 0) is 4.74 Å². The molecule has 1 saturated heterocycles. The standard InChI is InChI=1S/C13H16F3N5O/c1-11(2)6-20(7-12(3,22-11)13(14,15)16)10-5-4-9-18-17-8-21(9)19-10/h4-5,8H,6-7H2,1-3H3. The lowest BCUT2D eigenvalue weighted by atomic mass is 9.96. The number of nitrogens with zero attached hydrogens (tertiary/aromatic N) is 5. The Morgan fingerprint density at radius 1 is 1.18 bits per heavy atom. The Labute approximate surface area is 124 Å². The van der Waals surface area contributed by atoms with E-state index < -0.39 is 17.4 Å². The van der Waals surface area contributed by atoms with Crippen molar-refractivity contribution in [2.45, 2.75) is 38.1 Å². The highest BCUT2D eigenvalue weighted by Crippen LogP contribution is 2.41. The molecular formula is C13H16F3N5O. The normalized spacial score (nSPS) is 25.6. The minimum Gasteiger partial charge on any atom is -0.356 e. The van der Waals surface area contributed by atoms with E-state index in [9.17, 15) is 13.2 Å². The van der Waals surface area contributed by atoms with Crippen LogP contribution < -0.4 is 4.90 Å². The van der Waals surface area contributed by atoms with Gasteiger partial charge in [0, 0.05) is 6.54 Å². The number of hydrogen-bond acceptors (Lipinski definition) is 5. The van der Waals surface area contributed by atoms with Crippen molar-refractivity contribution in [3.8, 4) is 0 Å². The minimum absolute atomic E-state index is 0.305. The summed E-state index contributed by atoms with van der Waals surface area (Å²) in [7, 11) is 0. The van der Waals surface area contributed by atoms with Crippen LogP contribution in [0.2, 0.25) is 0 Å². The molecule has 0 aliphatic carbocycles. The lowest BCUT2D eigenvalue weighted by Crippen LogP contribution is -2.64. The zero-order valence-electron chi connectivity index (χ0n) is 12.4. The van der Waals surface area contributed by atoms with Crippen LogP contribution in [0.4, 0.5) is 19.0 Å². The maximum Gasteiger partial charge on any atom is 0.418 e. The van der Waals surface area contributed by atoms with Crippen LogP contribution in [0.5, 0.6) is 0 Å². The van der Waals surface area contributed by atoms with Gasteiger partial charge in [-0.25, -0.2) is 0 Å². The van der Waals surface area contributed by atoms with Crippen molar-refractivity contribution < 1.29 is 17.9 Å². The van der Waals surface area contributed by atoms with E-state index >= 15 is 0 Å². The van der Waals surface area contributed by atoms with Gasteiger partial charge in [-0.3, -0.25) is 0 Å². The second-order valence-electron chi connectivity index (χ2n) is 6.27. The van der Waals surface area contributed by atoms with Crippen LogP contribution in [0.3, 0.4) is 0 Å². The van der Waals surface area contributed by atoms with Crippen LogP contribution in [-0.4, -0.2) is 50.3 Å². The molecule has 9 heteroatoms. The van der Waals surface area contributed by atoms with Gasteiger partial charge in [-0.2, -0.15) is 17.7 Å². The van der Waals surface area contributed by atoms with Gasteiger partial charge in [-0.15, -0.1) is 15.3 Å². The molecule has 3 rings (SSSR count). The van der Waals surface area contributed by atoms with Gasteiger partial charge in [0.1, 0.15) is 12.1 Å². The molecule has 1 fully saturated rings. The predicted octanol–water partition coefficient (Wildman–Crippen LogP) is 2.06. The molecule has 1 atom stereocenters. The molecule has 1 aliphatic rings. The molecule has 0 saturated carbocycles. The smallest absolute Gasteiger partial charge is 0.356 e. The molecule has 3 heterocycles. The summed E-state index contributed by atoms with van der Waals surface area (Å²) in [5, 5.41) is 11.8. The lowest BCUT2D eigenvalue weighted by molar-refractivity contribution is -0.302. The predicted molar refractivity (Wildman–Crippen MR) is 72.6 cm³/mol. The number of halogens is 3. The SMILES string of the molecule is CC1(C)CN(c2ccc3nncn3n2)CC(C)(C(F)(F)F)O1. The number of alkyl halides is 3. The molecule has 0 bridgehead atoms. The molecule has 0 radical (unpaired) electrons. The van der Waals surface area contributed by atoms with E-state index in [2.05, 4.69) is 15.3 Å². The van der Waals surface area contributed by atoms with Gasteiger partial charge in [-0.05, 0) is 32.9 Å². The van der Waals surface area contributed by atoms with Crippen molar-refractivity contribution in [3.63, 3.8) is 0 Å². The first kappa shape index (κ1) is 15.0. The Bertz CT molecular complexity index is 698. The maximum atomic E-state index is 13.4. The molecule has 1 aliphatic heterocycles. The summed E-state index contributed by atoms with van der Waals surface area (Å²) in [5.74, 6) is 0.430. The Morgan fingerprint density at radius 3 is 2.59 bits per heavy atom. The summed E-state index contributed by atoms with van der Waals surface area (Å²) < 4.78 is 46.8. The van der Waals surface area contributed by atoms with E-state index in [1.54, 1.807) is 30.9 Å². The third-order valence-electron chi connectivity index (χ3n) is 3.64. The van der Waals surface area contributed by atoms with Crippen LogP contribution in [0.1, 0.15) is 20.8 Å². The summed E-state index contributed by atoms with van der Waals surface area (Å²) >= 11 is 0. The fourth-order valence-corrected chi connectivity index (χ4v) is 2.75. The average molecular weight is 315 g/mol. The van der Waals surface area contributed by atoms with Gasteiger partial charge in [0.05, 0.1) is 12.1 Å². The second kappa shape index (κ2) is 4.55. The van der Waals surface area contributed by atoms with E-state index in [0.29, 0.717) is 18.0 Å². The highest BCUT2D eigenvalue weighted by Gasteiger charge is 2.58. The van der Waals surface area contributed by atoms with Gasteiger partial charge in [-0.1, -0.05) is 0 Å². The number of hydrogen-bond donors (Lipinski definition) is 0. The van der Waals surface area contributed by atoms with E-state index in [-0.39, 0.29) is 6.54 Å². The molecule has 0 amide bonds. The number of fused-ring (bicyclic) bond motifs is 1. The van der Waals surface area contributed by atoms with Gasteiger partial charge in [0.2, 0.25) is 0 Å².